The Labute approximate surface area is 209 Å². The molecule has 190 valence electrons. The molecule has 0 spiro atoms. The zero-order valence-electron chi connectivity index (χ0n) is 19.6. The maximum atomic E-state index is 12.8. The SMILES string of the molecule is Cn1c(Nc2nc3ccc(OC(F)(F)F)cc3s2)nc2cc(C(=O)CCCC3CCOCC3)ccc21. The maximum Gasteiger partial charge on any atom is 0.573 e. The summed E-state index contributed by atoms with van der Waals surface area (Å²) in [5.41, 5.74) is 2.70. The lowest BCUT2D eigenvalue weighted by Crippen LogP contribution is -2.16. The maximum absolute atomic E-state index is 12.8. The van der Waals surface area contributed by atoms with Crippen molar-refractivity contribution < 1.29 is 27.4 Å². The predicted molar refractivity (Wildman–Crippen MR) is 132 cm³/mol. The smallest absolute Gasteiger partial charge is 0.406 e. The number of carbonyl (C=O) groups excluding carboxylic acids is 1. The molecule has 1 aliphatic rings. The molecule has 0 radical (unpaired) electrons. The zero-order chi connectivity index (χ0) is 25.3. The van der Waals surface area contributed by atoms with Gasteiger partial charge in [-0.1, -0.05) is 11.3 Å². The van der Waals surface area contributed by atoms with E-state index >= 15 is 0 Å². The van der Waals surface area contributed by atoms with E-state index in [-0.39, 0.29) is 11.5 Å². The van der Waals surface area contributed by atoms with E-state index in [2.05, 4.69) is 20.0 Å². The van der Waals surface area contributed by atoms with E-state index in [4.69, 9.17) is 4.74 Å². The van der Waals surface area contributed by atoms with Gasteiger partial charge in [-0.2, -0.15) is 0 Å². The number of hydrogen-bond acceptors (Lipinski definition) is 7. The number of alkyl halides is 3. The fraction of sp³-hybridized carbons (Fsp3) is 0.400. The lowest BCUT2D eigenvalue weighted by molar-refractivity contribution is -0.274. The van der Waals surface area contributed by atoms with Gasteiger partial charge in [0.2, 0.25) is 5.95 Å². The first-order chi connectivity index (χ1) is 17.2. The van der Waals surface area contributed by atoms with Crippen molar-refractivity contribution in [3.8, 4) is 5.75 Å². The Morgan fingerprint density at radius 1 is 1.17 bits per heavy atom. The van der Waals surface area contributed by atoms with Crippen LogP contribution in [-0.4, -0.2) is 39.9 Å². The number of Topliss-reactive ketones (excluding diaryl/α,β-unsaturated/α-hetero) is 1. The molecule has 7 nitrogen and oxygen atoms in total. The molecular formula is C25H25F3N4O3S. The molecule has 1 N–H and O–H groups in total. The third-order valence-corrected chi connectivity index (χ3v) is 7.31. The highest BCUT2D eigenvalue weighted by Gasteiger charge is 2.31. The van der Waals surface area contributed by atoms with Gasteiger partial charge in [0, 0.05) is 38.3 Å². The van der Waals surface area contributed by atoms with Gasteiger partial charge in [-0.3, -0.25) is 4.79 Å². The van der Waals surface area contributed by atoms with E-state index in [1.54, 1.807) is 6.07 Å². The summed E-state index contributed by atoms with van der Waals surface area (Å²) in [5.74, 6) is 0.967. The summed E-state index contributed by atoms with van der Waals surface area (Å²) >= 11 is 1.19. The zero-order valence-corrected chi connectivity index (χ0v) is 20.4. The average Bonchev–Trinajstić information content (AvgIpc) is 3.38. The standard InChI is InChI=1S/C25H25F3N4O3S/c1-32-20-8-5-16(21(33)4-2-3-15-9-11-34-12-10-15)13-19(20)29-23(32)31-24-30-18-7-6-17(14-22(18)36-24)35-25(26,27)28/h5-8,13-15H,2-4,9-12H2,1H3,(H,29,30,31). The van der Waals surface area contributed by atoms with Crippen LogP contribution in [0.25, 0.3) is 21.3 Å². The van der Waals surface area contributed by atoms with Crippen LogP contribution >= 0.6 is 11.3 Å². The van der Waals surface area contributed by atoms with Crippen LogP contribution in [0.2, 0.25) is 0 Å². The Hall–Kier alpha value is -3.18. The molecule has 11 heteroatoms. The normalized spacial score (nSPS) is 15.0. The number of hydrogen-bond donors (Lipinski definition) is 1. The molecule has 0 aliphatic carbocycles. The number of fused-ring (bicyclic) bond motifs is 2. The highest BCUT2D eigenvalue weighted by molar-refractivity contribution is 7.22. The van der Waals surface area contributed by atoms with Gasteiger partial charge in [-0.05, 0) is 61.9 Å². The number of thiazole rings is 1. The highest BCUT2D eigenvalue weighted by atomic mass is 32.1. The minimum Gasteiger partial charge on any atom is -0.406 e. The van der Waals surface area contributed by atoms with Gasteiger partial charge in [0.15, 0.2) is 10.9 Å². The molecule has 3 heterocycles. The van der Waals surface area contributed by atoms with Crippen LogP contribution in [0.5, 0.6) is 5.75 Å². The molecule has 1 saturated heterocycles. The number of rotatable bonds is 8. The fourth-order valence-corrected chi connectivity index (χ4v) is 5.35. The molecule has 4 aromatic rings. The quantitative estimate of drug-likeness (QED) is 0.265. The Balaban J connectivity index is 1.28. The number of halogens is 3. The summed E-state index contributed by atoms with van der Waals surface area (Å²) in [5, 5.41) is 3.62. The summed E-state index contributed by atoms with van der Waals surface area (Å²) in [6.07, 6.45) is -0.197. The summed E-state index contributed by atoms with van der Waals surface area (Å²) in [4.78, 5) is 21.8. The van der Waals surface area contributed by atoms with Crippen LogP contribution in [0, 0.1) is 5.92 Å². The van der Waals surface area contributed by atoms with Crippen molar-refractivity contribution in [1.29, 1.82) is 0 Å². The van der Waals surface area contributed by atoms with Crippen LogP contribution in [0.1, 0.15) is 42.5 Å². The molecule has 2 aromatic carbocycles. The predicted octanol–water partition coefficient (Wildman–Crippen LogP) is 6.60. The first-order valence-electron chi connectivity index (χ1n) is 11.8. The molecule has 5 rings (SSSR count). The lowest BCUT2D eigenvalue weighted by atomic mass is 9.93. The molecule has 0 bridgehead atoms. The molecule has 36 heavy (non-hydrogen) atoms. The minimum absolute atomic E-state index is 0.104. The summed E-state index contributed by atoms with van der Waals surface area (Å²) in [6, 6.07) is 9.52. The van der Waals surface area contributed by atoms with Crippen molar-refractivity contribution in [2.45, 2.75) is 38.5 Å². The van der Waals surface area contributed by atoms with Crippen molar-refractivity contribution in [2.24, 2.45) is 13.0 Å². The van der Waals surface area contributed by atoms with E-state index < -0.39 is 6.36 Å². The lowest BCUT2D eigenvalue weighted by Gasteiger charge is -2.21. The number of anilines is 2. The molecule has 2 aromatic heterocycles. The molecule has 0 unspecified atom stereocenters. The molecule has 0 atom stereocenters. The van der Waals surface area contributed by atoms with Gasteiger partial charge < -0.3 is 19.4 Å². The first kappa shape index (κ1) is 24.5. The van der Waals surface area contributed by atoms with Gasteiger partial charge in [0.05, 0.1) is 21.3 Å². The van der Waals surface area contributed by atoms with E-state index in [1.807, 2.05) is 23.7 Å². The Bertz CT molecular complexity index is 1390. The van der Waals surface area contributed by atoms with Gasteiger partial charge >= 0.3 is 6.36 Å². The number of benzene rings is 2. The van der Waals surface area contributed by atoms with Crippen LogP contribution in [0.15, 0.2) is 36.4 Å². The van der Waals surface area contributed by atoms with Crippen molar-refractivity contribution in [3.63, 3.8) is 0 Å². The number of aryl methyl sites for hydroxylation is 1. The van der Waals surface area contributed by atoms with Gasteiger partial charge in [0.25, 0.3) is 0 Å². The Morgan fingerprint density at radius 3 is 2.75 bits per heavy atom. The second-order valence-electron chi connectivity index (χ2n) is 8.89. The topological polar surface area (TPSA) is 78.3 Å². The summed E-state index contributed by atoms with van der Waals surface area (Å²) in [7, 11) is 1.84. The summed E-state index contributed by atoms with van der Waals surface area (Å²) in [6.45, 7) is 1.63. The molecule has 1 aliphatic heterocycles. The third kappa shape index (κ3) is 5.62. The second-order valence-corrected chi connectivity index (χ2v) is 9.92. The van der Waals surface area contributed by atoms with Crippen molar-refractivity contribution >= 4 is 49.4 Å². The number of nitrogens with zero attached hydrogens (tertiary/aromatic N) is 3. The first-order valence-corrected chi connectivity index (χ1v) is 12.6. The van der Waals surface area contributed by atoms with Crippen molar-refractivity contribution in [1.82, 2.24) is 14.5 Å². The molecule has 0 saturated carbocycles. The van der Waals surface area contributed by atoms with Crippen LogP contribution in [0.4, 0.5) is 24.3 Å². The number of ether oxygens (including phenoxy) is 2. The van der Waals surface area contributed by atoms with Crippen LogP contribution in [-0.2, 0) is 11.8 Å². The van der Waals surface area contributed by atoms with E-state index in [1.165, 1.54) is 29.5 Å². The van der Waals surface area contributed by atoms with Gasteiger partial charge in [0.1, 0.15) is 5.75 Å². The van der Waals surface area contributed by atoms with E-state index in [0.717, 1.165) is 44.4 Å². The van der Waals surface area contributed by atoms with Gasteiger partial charge in [-0.25, -0.2) is 9.97 Å². The Morgan fingerprint density at radius 2 is 1.97 bits per heavy atom. The van der Waals surface area contributed by atoms with Crippen molar-refractivity contribution in [2.75, 3.05) is 18.5 Å². The Kier molecular flexibility index (Phi) is 6.85. The van der Waals surface area contributed by atoms with Crippen LogP contribution in [0.3, 0.4) is 0 Å². The number of ketones is 1. The molecule has 0 amide bonds. The molecular weight excluding hydrogens is 493 g/mol. The molecule has 1 fully saturated rings. The van der Waals surface area contributed by atoms with Crippen molar-refractivity contribution in [3.05, 3.63) is 42.0 Å². The largest absolute Gasteiger partial charge is 0.573 e. The second kappa shape index (κ2) is 10.1. The minimum atomic E-state index is -4.75. The monoisotopic (exact) mass is 518 g/mol. The number of nitrogens with one attached hydrogen (secondary N) is 1. The highest BCUT2D eigenvalue weighted by Crippen LogP contribution is 2.33. The number of aromatic nitrogens is 3. The summed E-state index contributed by atoms with van der Waals surface area (Å²) < 4.78 is 49.3. The number of imidazole rings is 1. The van der Waals surface area contributed by atoms with Gasteiger partial charge in [-0.15, -0.1) is 13.2 Å². The third-order valence-electron chi connectivity index (χ3n) is 6.37. The van der Waals surface area contributed by atoms with E-state index in [0.29, 0.717) is 44.7 Å². The number of carbonyl (C=O) groups is 1. The average molecular weight is 519 g/mol. The van der Waals surface area contributed by atoms with E-state index in [9.17, 15) is 18.0 Å². The van der Waals surface area contributed by atoms with Crippen LogP contribution < -0.4 is 10.1 Å². The fourth-order valence-electron chi connectivity index (χ4n) is 4.47.